The summed E-state index contributed by atoms with van der Waals surface area (Å²) in [5.74, 6) is -1.39. The molecule has 2 atom stereocenters. The number of benzene rings is 4. The van der Waals surface area contributed by atoms with Crippen LogP contribution >= 0.6 is 0 Å². The van der Waals surface area contributed by atoms with E-state index >= 15 is 0 Å². The van der Waals surface area contributed by atoms with Gasteiger partial charge in [0.2, 0.25) is 5.91 Å². The molecule has 0 bridgehead atoms. The Labute approximate surface area is 256 Å². The lowest BCUT2D eigenvalue weighted by Gasteiger charge is -2.41. The Bertz CT molecular complexity index is 1930. The number of aryl methyl sites for hydroxylation is 1. The average molecular weight is 608 g/mol. The molecule has 44 heavy (non-hydrogen) atoms. The van der Waals surface area contributed by atoms with Gasteiger partial charge in [-0.15, -0.1) is 0 Å². The number of fused-ring (bicyclic) bond motifs is 2. The number of aromatic nitrogens is 1. The largest absolute Gasteiger partial charge is 0.383 e. The van der Waals surface area contributed by atoms with E-state index in [1.54, 1.807) is 78.9 Å². The first-order valence-corrected chi connectivity index (χ1v) is 16.0. The first-order valence-electron chi connectivity index (χ1n) is 14.5. The summed E-state index contributed by atoms with van der Waals surface area (Å²) in [5.41, 5.74) is 3.81. The summed E-state index contributed by atoms with van der Waals surface area (Å²) in [6.45, 7) is 2.50. The number of hydrogen-bond donors (Lipinski definition) is 1. The second kappa shape index (κ2) is 12.1. The molecule has 0 fully saturated rings. The molecule has 2 heterocycles. The van der Waals surface area contributed by atoms with Crippen molar-refractivity contribution < 1.29 is 22.7 Å². The highest BCUT2D eigenvalue weighted by atomic mass is 32.2. The lowest BCUT2D eigenvalue weighted by molar-refractivity contribution is -0.119. The molecule has 1 aliphatic rings. The average Bonchev–Trinajstić information content (AvgIpc) is 3.45. The lowest BCUT2D eigenvalue weighted by Crippen LogP contribution is -2.47. The number of hydrogen-bond acceptors (Lipinski definition) is 5. The van der Waals surface area contributed by atoms with Crippen LogP contribution in [0.4, 0.5) is 5.69 Å². The van der Waals surface area contributed by atoms with Gasteiger partial charge in [-0.05, 0) is 53.9 Å². The van der Waals surface area contributed by atoms with Gasteiger partial charge in [0.15, 0.2) is 0 Å². The third-order valence-corrected chi connectivity index (χ3v) is 9.90. The zero-order chi connectivity index (χ0) is 30.8. The molecular formula is C35H33N3O5S. The molecule has 2 amide bonds. The second-order valence-electron chi connectivity index (χ2n) is 10.8. The Morgan fingerprint density at radius 3 is 2.27 bits per heavy atom. The van der Waals surface area contributed by atoms with Crippen molar-refractivity contribution in [3.05, 3.63) is 132 Å². The predicted octanol–water partition coefficient (Wildman–Crippen LogP) is 6.01. The van der Waals surface area contributed by atoms with Crippen LogP contribution in [0.3, 0.4) is 0 Å². The van der Waals surface area contributed by atoms with Crippen molar-refractivity contribution in [1.82, 2.24) is 8.87 Å². The van der Waals surface area contributed by atoms with Gasteiger partial charge in [-0.3, -0.25) is 9.59 Å². The van der Waals surface area contributed by atoms with Crippen LogP contribution < -0.4 is 5.32 Å². The molecule has 6 rings (SSSR count). The minimum absolute atomic E-state index is 0.137. The Morgan fingerprint density at radius 2 is 1.55 bits per heavy atom. The van der Waals surface area contributed by atoms with Crippen LogP contribution in [0.1, 0.15) is 45.9 Å². The zero-order valence-corrected chi connectivity index (χ0v) is 25.3. The standard InChI is InChI=1S/C35H33N3O5S/c1-3-24-17-19-25(20-18-24)36-34(39)32-28-14-7-8-15-29(28)35(40)37(21-22-43-2)33(32)30-23-38(31-16-10-9-13-27(30)31)44(41,42)26-11-5-4-6-12-26/h4-20,23,32-33H,3,21-22H2,1-2H3,(H,36,39)/t32-,33+/m1/s1. The van der Waals surface area contributed by atoms with Crippen molar-refractivity contribution >= 4 is 38.4 Å². The zero-order valence-electron chi connectivity index (χ0n) is 24.5. The fourth-order valence-corrected chi connectivity index (χ4v) is 7.41. The number of ether oxygens (including phenoxy) is 1. The number of methoxy groups -OCH3 is 1. The lowest BCUT2D eigenvalue weighted by atomic mass is 9.79. The highest BCUT2D eigenvalue weighted by Crippen LogP contribution is 2.46. The highest BCUT2D eigenvalue weighted by Gasteiger charge is 2.45. The number of nitrogens with zero attached hydrogens (tertiary/aromatic N) is 2. The molecule has 0 saturated carbocycles. The fraction of sp³-hybridized carbons (Fsp3) is 0.200. The van der Waals surface area contributed by atoms with E-state index in [1.165, 1.54) is 3.97 Å². The van der Waals surface area contributed by atoms with Crippen molar-refractivity contribution in [3.8, 4) is 0 Å². The third-order valence-electron chi connectivity index (χ3n) is 8.21. The van der Waals surface area contributed by atoms with E-state index in [2.05, 4.69) is 12.2 Å². The van der Waals surface area contributed by atoms with E-state index < -0.39 is 22.0 Å². The molecule has 0 radical (unpaired) electrons. The molecule has 0 saturated heterocycles. The van der Waals surface area contributed by atoms with E-state index in [4.69, 9.17) is 4.74 Å². The van der Waals surface area contributed by atoms with E-state index in [0.29, 0.717) is 33.3 Å². The van der Waals surface area contributed by atoms with E-state index in [1.807, 2.05) is 42.5 Å². The molecule has 4 aromatic carbocycles. The Balaban J connectivity index is 1.56. The third kappa shape index (κ3) is 5.18. The summed E-state index contributed by atoms with van der Waals surface area (Å²) >= 11 is 0. The normalized spacial score (nSPS) is 16.6. The molecule has 1 N–H and O–H groups in total. The topological polar surface area (TPSA) is 97.7 Å². The van der Waals surface area contributed by atoms with Crippen LogP contribution in [-0.2, 0) is 26.0 Å². The van der Waals surface area contributed by atoms with Crippen molar-refractivity contribution in [2.24, 2.45) is 0 Å². The summed E-state index contributed by atoms with van der Waals surface area (Å²) in [7, 11) is -2.44. The maximum Gasteiger partial charge on any atom is 0.268 e. The smallest absolute Gasteiger partial charge is 0.268 e. The number of carbonyl (C=O) groups is 2. The molecule has 0 aliphatic carbocycles. The number of anilines is 1. The van der Waals surface area contributed by atoms with Crippen LogP contribution in [0.5, 0.6) is 0 Å². The Morgan fingerprint density at radius 1 is 0.864 bits per heavy atom. The summed E-state index contributed by atoms with van der Waals surface area (Å²) in [6.07, 6.45) is 2.44. The quantitative estimate of drug-likeness (QED) is 0.222. The Kier molecular flexibility index (Phi) is 8.07. The monoisotopic (exact) mass is 607 g/mol. The maximum atomic E-state index is 14.4. The first kappa shape index (κ1) is 29.3. The molecule has 8 nitrogen and oxygen atoms in total. The van der Waals surface area contributed by atoms with Crippen molar-refractivity contribution in [2.75, 3.05) is 25.6 Å². The minimum Gasteiger partial charge on any atom is -0.383 e. The molecule has 5 aromatic rings. The highest BCUT2D eigenvalue weighted by molar-refractivity contribution is 7.90. The van der Waals surface area contributed by atoms with Crippen LogP contribution in [0.25, 0.3) is 10.9 Å². The van der Waals surface area contributed by atoms with Crippen molar-refractivity contribution in [1.29, 1.82) is 0 Å². The Hall–Kier alpha value is -4.73. The number of carbonyl (C=O) groups excluding carboxylic acids is 2. The fourth-order valence-electron chi connectivity index (χ4n) is 6.02. The molecule has 224 valence electrons. The second-order valence-corrected chi connectivity index (χ2v) is 12.6. The SMILES string of the molecule is CCc1ccc(NC(=O)[C@@H]2c3ccccc3C(=O)N(CCOC)[C@H]2c2cn(S(=O)(=O)c3ccccc3)c3ccccc23)cc1. The van der Waals surface area contributed by atoms with Crippen molar-refractivity contribution in [2.45, 2.75) is 30.2 Å². The molecule has 0 unspecified atom stereocenters. The van der Waals surface area contributed by atoms with Crippen LogP contribution in [0, 0.1) is 0 Å². The van der Waals surface area contributed by atoms with Crippen molar-refractivity contribution in [3.63, 3.8) is 0 Å². The van der Waals surface area contributed by atoms with Gasteiger partial charge in [0.1, 0.15) is 0 Å². The number of rotatable bonds is 9. The van der Waals surface area contributed by atoms with Gasteiger partial charge in [-0.25, -0.2) is 12.4 Å². The summed E-state index contributed by atoms with van der Waals surface area (Å²) < 4.78 is 34.5. The maximum absolute atomic E-state index is 14.4. The van der Waals surface area contributed by atoms with Crippen LogP contribution in [-0.4, -0.2) is 49.4 Å². The van der Waals surface area contributed by atoms with E-state index in [9.17, 15) is 18.0 Å². The summed E-state index contributed by atoms with van der Waals surface area (Å²) in [5, 5.41) is 3.71. The molecule has 1 aromatic heterocycles. The number of amides is 2. The van der Waals surface area contributed by atoms with Crippen LogP contribution in [0.2, 0.25) is 0 Å². The minimum atomic E-state index is -4.00. The number of nitrogens with one attached hydrogen (secondary N) is 1. The van der Waals surface area contributed by atoms with Gasteiger partial charge in [-0.2, -0.15) is 0 Å². The van der Waals surface area contributed by atoms with Gasteiger partial charge in [-0.1, -0.05) is 73.7 Å². The van der Waals surface area contributed by atoms with Gasteiger partial charge < -0.3 is 15.0 Å². The van der Waals surface area contributed by atoms with E-state index in [0.717, 1.165) is 12.0 Å². The molecular weight excluding hydrogens is 574 g/mol. The summed E-state index contributed by atoms with van der Waals surface area (Å²) in [4.78, 5) is 30.2. The molecule has 9 heteroatoms. The number of para-hydroxylation sites is 1. The van der Waals surface area contributed by atoms with Gasteiger partial charge in [0.25, 0.3) is 15.9 Å². The van der Waals surface area contributed by atoms with Gasteiger partial charge >= 0.3 is 0 Å². The summed E-state index contributed by atoms with van der Waals surface area (Å²) in [6, 6.07) is 29.4. The molecule has 1 aliphatic heterocycles. The van der Waals surface area contributed by atoms with E-state index in [-0.39, 0.29) is 29.9 Å². The first-order chi connectivity index (χ1) is 21.3. The van der Waals surface area contributed by atoms with Gasteiger partial charge in [0, 0.05) is 42.1 Å². The van der Waals surface area contributed by atoms with Gasteiger partial charge in [0.05, 0.1) is 29.0 Å². The van der Waals surface area contributed by atoms with Crippen LogP contribution in [0.15, 0.2) is 114 Å². The predicted molar refractivity (Wildman–Crippen MR) is 170 cm³/mol. The molecule has 0 spiro atoms.